The summed E-state index contributed by atoms with van der Waals surface area (Å²) in [7, 11) is 0.0766. The molecule has 1 fully saturated rings. The molecule has 3 rings (SSSR count). The Balaban J connectivity index is 1.77. The van der Waals surface area contributed by atoms with Crippen molar-refractivity contribution in [2.24, 2.45) is 0 Å². The molecule has 0 saturated carbocycles. The molecule has 1 aliphatic rings. The van der Waals surface area contributed by atoms with E-state index in [2.05, 4.69) is 21.2 Å². The van der Waals surface area contributed by atoms with Crippen LogP contribution in [0.3, 0.4) is 0 Å². The maximum Gasteiger partial charge on any atom is 0.262 e. The summed E-state index contributed by atoms with van der Waals surface area (Å²) in [6, 6.07) is 12.0. The van der Waals surface area contributed by atoms with E-state index in [1.54, 1.807) is 24.3 Å². The highest BCUT2D eigenvalue weighted by Gasteiger charge is 2.27. The molecule has 9 heteroatoms. The Kier molecular flexibility index (Phi) is 7.38. The van der Waals surface area contributed by atoms with Gasteiger partial charge in [0.15, 0.2) is 6.61 Å². The van der Waals surface area contributed by atoms with Gasteiger partial charge in [-0.1, -0.05) is 22.4 Å². The molecule has 0 aromatic heterocycles. The van der Waals surface area contributed by atoms with Crippen LogP contribution in [0.2, 0.25) is 0 Å². The third-order valence-corrected chi connectivity index (χ3v) is 7.28. The van der Waals surface area contributed by atoms with Crippen LogP contribution in [-0.4, -0.2) is 52.4 Å². The van der Waals surface area contributed by atoms with Gasteiger partial charge < -0.3 is 15.0 Å². The van der Waals surface area contributed by atoms with Gasteiger partial charge in [0.1, 0.15) is 5.75 Å². The van der Waals surface area contributed by atoms with Crippen LogP contribution in [0.1, 0.15) is 19.3 Å². The summed E-state index contributed by atoms with van der Waals surface area (Å²) >= 11 is 3.35. The molecular weight excluding hydrogens is 470 g/mol. The molecule has 7 nitrogen and oxygen atoms in total. The zero-order chi connectivity index (χ0) is 21.7. The number of carbonyl (C=O) groups excluding carboxylic acids is 1. The number of piperidine rings is 1. The van der Waals surface area contributed by atoms with E-state index in [4.69, 9.17) is 4.74 Å². The van der Waals surface area contributed by atoms with Gasteiger partial charge >= 0.3 is 0 Å². The monoisotopic (exact) mass is 495 g/mol. The first kappa shape index (κ1) is 22.6. The highest BCUT2D eigenvalue weighted by molar-refractivity contribution is 9.10. The van der Waals surface area contributed by atoms with Gasteiger partial charge in [-0.3, -0.25) is 4.79 Å². The van der Waals surface area contributed by atoms with Gasteiger partial charge in [0, 0.05) is 31.7 Å². The third kappa shape index (κ3) is 5.53. The average molecular weight is 496 g/mol. The van der Waals surface area contributed by atoms with E-state index >= 15 is 0 Å². The Morgan fingerprint density at radius 2 is 1.77 bits per heavy atom. The van der Waals surface area contributed by atoms with Crippen molar-refractivity contribution in [3.8, 4) is 5.75 Å². The number of halogens is 1. The zero-order valence-electron chi connectivity index (χ0n) is 17.1. The second-order valence-corrected chi connectivity index (χ2v) is 10.2. The fourth-order valence-electron chi connectivity index (χ4n) is 3.29. The van der Waals surface area contributed by atoms with Crippen LogP contribution in [-0.2, 0) is 14.8 Å². The van der Waals surface area contributed by atoms with Crippen LogP contribution in [0.25, 0.3) is 0 Å². The van der Waals surface area contributed by atoms with Crippen molar-refractivity contribution < 1.29 is 17.9 Å². The first-order valence-corrected chi connectivity index (χ1v) is 12.0. The Hall–Kier alpha value is -2.10. The van der Waals surface area contributed by atoms with Crippen LogP contribution in [0, 0.1) is 0 Å². The Bertz CT molecular complexity index is 988. The number of amides is 1. The van der Waals surface area contributed by atoms with Gasteiger partial charge in [-0.2, -0.15) is 4.31 Å². The standard InChI is InChI=1S/C21H26BrN3O4S/c1-24(2)20-11-10-18(30(27,28)25-12-4-3-5-13-25)14-19(20)23-21(26)15-29-17-8-6-16(22)7-9-17/h6-11,14H,3-5,12-13,15H2,1-2H3,(H,23,26). The minimum Gasteiger partial charge on any atom is -0.484 e. The summed E-state index contributed by atoms with van der Waals surface area (Å²) in [6.07, 6.45) is 2.78. The minimum absolute atomic E-state index is 0.180. The van der Waals surface area contributed by atoms with Crippen molar-refractivity contribution in [3.05, 3.63) is 46.9 Å². The smallest absolute Gasteiger partial charge is 0.262 e. The molecule has 1 N–H and O–H groups in total. The van der Waals surface area contributed by atoms with Crippen molar-refractivity contribution >= 4 is 43.2 Å². The number of nitrogens with zero attached hydrogens (tertiary/aromatic N) is 2. The summed E-state index contributed by atoms with van der Waals surface area (Å²) in [4.78, 5) is 14.5. The van der Waals surface area contributed by atoms with Gasteiger partial charge in [-0.15, -0.1) is 0 Å². The molecule has 0 aliphatic carbocycles. The molecule has 0 atom stereocenters. The molecule has 0 radical (unpaired) electrons. The van der Waals surface area contributed by atoms with Crippen LogP contribution in [0.4, 0.5) is 11.4 Å². The van der Waals surface area contributed by atoms with Gasteiger partial charge in [0.25, 0.3) is 5.91 Å². The zero-order valence-corrected chi connectivity index (χ0v) is 19.5. The fraction of sp³-hybridized carbons (Fsp3) is 0.381. The number of anilines is 2. The maximum absolute atomic E-state index is 13.0. The van der Waals surface area contributed by atoms with E-state index in [1.165, 1.54) is 10.4 Å². The van der Waals surface area contributed by atoms with Gasteiger partial charge in [-0.05, 0) is 55.3 Å². The molecule has 0 spiro atoms. The van der Waals surface area contributed by atoms with Crippen molar-refractivity contribution in [2.75, 3.05) is 44.0 Å². The predicted octanol–water partition coefficient (Wildman–Crippen LogP) is 3.71. The molecule has 1 saturated heterocycles. The topological polar surface area (TPSA) is 79.0 Å². The quantitative estimate of drug-likeness (QED) is 0.633. The summed E-state index contributed by atoms with van der Waals surface area (Å²) in [5.41, 5.74) is 1.15. The second-order valence-electron chi connectivity index (χ2n) is 7.33. The first-order valence-electron chi connectivity index (χ1n) is 9.77. The molecule has 2 aromatic rings. The van der Waals surface area contributed by atoms with Crippen molar-refractivity contribution in [1.82, 2.24) is 4.31 Å². The lowest BCUT2D eigenvalue weighted by atomic mass is 10.2. The molecule has 1 amide bonds. The predicted molar refractivity (Wildman–Crippen MR) is 122 cm³/mol. The molecule has 162 valence electrons. The number of ether oxygens (including phenoxy) is 1. The van der Waals surface area contributed by atoms with Crippen molar-refractivity contribution in [2.45, 2.75) is 24.2 Å². The largest absolute Gasteiger partial charge is 0.484 e. The highest BCUT2D eigenvalue weighted by atomic mass is 79.9. The van der Waals surface area contributed by atoms with Gasteiger partial charge in [0.2, 0.25) is 10.0 Å². The minimum atomic E-state index is -3.59. The Morgan fingerprint density at radius 3 is 2.40 bits per heavy atom. The Morgan fingerprint density at radius 1 is 1.10 bits per heavy atom. The van der Waals surface area contributed by atoms with E-state index in [-0.39, 0.29) is 17.4 Å². The number of sulfonamides is 1. The summed E-state index contributed by atoms with van der Waals surface area (Å²) in [5, 5.41) is 2.79. The molecule has 0 bridgehead atoms. The van der Waals surface area contributed by atoms with Crippen molar-refractivity contribution in [1.29, 1.82) is 0 Å². The lowest BCUT2D eigenvalue weighted by Crippen LogP contribution is -2.35. The lowest BCUT2D eigenvalue weighted by Gasteiger charge is -2.26. The maximum atomic E-state index is 13.0. The Labute approximate surface area is 186 Å². The first-order chi connectivity index (χ1) is 14.3. The number of hydrogen-bond acceptors (Lipinski definition) is 5. The van der Waals surface area contributed by atoms with Gasteiger partial charge in [0.05, 0.1) is 16.3 Å². The van der Waals surface area contributed by atoms with E-state index in [9.17, 15) is 13.2 Å². The average Bonchev–Trinajstić information content (AvgIpc) is 2.73. The van der Waals surface area contributed by atoms with Gasteiger partial charge in [-0.25, -0.2) is 8.42 Å². The molecule has 2 aromatic carbocycles. The lowest BCUT2D eigenvalue weighted by molar-refractivity contribution is -0.118. The molecule has 30 heavy (non-hydrogen) atoms. The molecule has 1 heterocycles. The van der Waals surface area contributed by atoms with Crippen LogP contribution in [0.15, 0.2) is 51.8 Å². The number of carbonyl (C=O) groups is 1. The SMILES string of the molecule is CN(C)c1ccc(S(=O)(=O)N2CCCCC2)cc1NC(=O)COc1ccc(Br)cc1. The third-order valence-electron chi connectivity index (χ3n) is 4.86. The summed E-state index contributed by atoms with van der Waals surface area (Å²) < 4.78 is 34.0. The van der Waals surface area contributed by atoms with E-state index in [0.29, 0.717) is 30.2 Å². The van der Waals surface area contributed by atoms with E-state index in [0.717, 1.165) is 23.7 Å². The second kappa shape index (κ2) is 9.80. The van der Waals surface area contributed by atoms with Crippen molar-refractivity contribution in [3.63, 3.8) is 0 Å². The normalized spacial score (nSPS) is 14.9. The fourth-order valence-corrected chi connectivity index (χ4v) is 5.09. The van der Waals surface area contributed by atoms with Crippen LogP contribution < -0.4 is 15.0 Å². The molecule has 0 unspecified atom stereocenters. The molecule has 1 aliphatic heterocycles. The molecular formula is C21H26BrN3O4S. The summed E-state index contributed by atoms with van der Waals surface area (Å²) in [5.74, 6) is 0.205. The number of benzene rings is 2. The number of rotatable bonds is 7. The van der Waals surface area contributed by atoms with E-state index in [1.807, 2.05) is 31.1 Å². The highest BCUT2D eigenvalue weighted by Crippen LogP contribution is 2.30. The number of hydrogen-bond donors (Lipinski definition) is 1. The van der Waals surface area contributed by atoms with Crippen LogP contribution >= 0.6 is 15.9 Å². The van der Waals surface area contributed by atoms with Crippen LogP contribution in [0.5, 0.6) is 5.75 Å². The van der Waals surface area contributed by atoms with E-state index < -0.39 is 10.0 Å². The number of nitrogens with one attached hydrogen (secondary N) is 1. The summed E-state index contributed by atoms with van der Waals surface area (Å²) in [6.45, 7) is 0.874.